The number of benzene rings is 1. The van der Waals surface area contributed by atoms with Crippen molar-refractivity contribution < 1.29 is 4.79 Å². The van der Waals surface area contributed by atoms with Crippen molar-refractivity contribution in [1.82, 2.24) is 4.98 Å². The molecule has 2 rings (SSSR count). The molecule has 20 heavy (non-hydrogen) atoms. The van der Waals surface area contributed by atoms with Crippen LogP contribution in [-0.2, 0) is 11.2 Å². The minimum absolute atomic E-state index is 0.00434. The van der Waals surface area contributed by atoms with Crippen molar-refractivity contribution in [3.8, 4) is 0 Å². The summed E-state index contributed by atoms with van der Waals surface area (Å²) in [6, 6.07) is 11.5. The average molecular weight is 289 g/mol. The fourth-order valence-corrected chi connectivity index (χ4v) is 1.98. The maximum Gasteiger partial charge on any atom is 0.225 e. The number of amides is 1. The molecule has 1 amide bonds. The third-order valence-corrected chi connectivity index (χ3v) is 3.21. The molecular formula is C16H17ClN2O. The smallest absolute Gasteiger partial charge is 0.225 e. The van der Waals surface area contributed by atoms with E-state index >= 15 is 0 Å². The Bertz CT molecular complexity index is 564. The normalized spacial score (nSPS) is 10.3. The van der Waals surface area contributed by atoms with Crippen LogP contribution in [0.1, 0.15) is 24.0 Å². The second-order valence-electron chi connectivity index (χ2n) is 4.75. The summed E-state index contributed by atoms with van der Waals surface area (Å²) < 4.78 is 0. The Balaban J connectivity index is 1.75. The van der Waals surface area contributed by atoms with Crippen molar-refractivity contribution in [2.24, 2.45) is 0 Å². The maximum atomic E-state index is 11.8. The molecule has 0 saturated heterocycles. The summed E-state index contributed by atoms with van der Waals surface area (Å²) in [5, 5.41) is 3.53. The highest BCUT2D eigenvalue weighted by Crippen LogP contribution is 2.12. The van der Waals surface area contributed by atoms with Crippen LogP contribution in [0.4, 0.5) is 5.82 Å². The first kappa shape index (κ1) is 14.5. The number of nitrogens with zero attached hydrogens (tertiary/aromatic N) is 1. The summed E-state index contributed by atoms with van der Waals surface area (Å²) in [5.41, 5.74) is 2.27. The number of pyridine rings is 1. The highest BCUT2D eigenvalue weighted by atomic mass is 35.5. The van der Waals surface area contributed by atoms with Gasteiger partial charge < -0.3 is 5.32 Å². The summed E-state index contributed by atoms with van der Waals surface area (Å²) in [6.45, 7) is 1.96. The van der Waals surface area contributed by atoms with Gasteiger partial charge in [-0.3, -0.25) is 4.79 Å². The molecule has 0 atom stereocenters. The lowest BCUT2D eigenvalue weighted by atomic mass is 10.1. The van der Waals surface area contributed by atoms with Gasteiger partial charge in [-0.2, -0.15) is 0 Å². The lowest BCUT2D eigenvalue weighted by molar-refractivity contribution is -0.116. The van der Waals surface area contributed by atoms with Gasteiger partial charge in [0.2, 0.25) is 5.91 Å². The zero-order valence-corrected chi connectivity index (χ0v) is 12.2. The van der Waals surface area contributed by atoms with Gasteiger partial charge in [0.05, 0.1) is 0 Å². The van der Waals surface area contributed by atoms with Crippen molar-refractivity contribution in [2.45, 2.75) is 26.2 Å². The first-order valence-corrected chi connectivity index (χ1v) is 6.98. The Kier molecular flexibility index (Phi) is 5.13. The number of nitrogens with one attached hydrogen (secondary N) is 1. The van der Waals surface area contributed by atoms with Crippen molar-refractivity contribution in [2.75, 3.05) is 5.32 Å². The molecule has 0 unspecified atom stereocenters. The van der Waals surface area contributed by atoms with Crippen LogP contribution in [0.15, 0.2) is 42.6 Å². The SMILES string of the molecule is Cc1ccc(NC(=O)CCCc2ccc(Cl)cc2)nc1. The van der Waals surface area contributed by atoms with E-state index in [1.807, 2.05) is 43.3 Å². The molecular weight excluding hydrogens is 272 g/mol. The second-order valence-corrected chi connectivity index (χ2v) is 5.19. The first-order chi connectivity index (χ1) is 9.63. The summed E-state index contributed by atoms with van der Waals surface area (Å²) in [4.78, 5) is 15.9. The Morgan fingerprint density at radius 2 is 1.95 bits per heavy atom. The number of rotatable bonds is 5. The molecule has 1 heterocycles. The Hall–Kier alpha value is -1.87. The molecule has 0 fully saturated rings. The molecule has 0 aliphatic heterocycles. The van der Waals surface area contributed by atoms with Crippen LogP contribution >= 0.6 is 11.6 Å². The zero-order valence-electron chi connectivity index (χ0n) is 11.4. The van der Waals surface area contributed by atoms with Crippen LogP contribution in [0.3, 0.4) is 0 Å². The Morgan fingerprint density at radius 1 is 1.20 bits per heavy atom. The lowest BCUT2D eigenvalue weighted by Gasteiger charge is -2.05. The molecule has 1 aromatic carbocycles. The molecule has 104 valence electrons. The Morgan fingerprint density at radius 3 is 2.60 bits per heavy atom. The third-order valence-electron chi connectivity index (χ3n) is 2.96. The van der Waals surface area contributed by atoms with Crippen LogP contribution in [0.25, 0.3) is 0 Å². The number of halogens is 1. The molecule has 0 bridgehead atoms. The highest BCUT2D eigenvalue weighted by molar-refractivity contribution is 6.30. The van der Waals surface area contributed by atoms with E-state index in [1.165, 1.54) is 5.56 Å². The minimum Gasteiger partial charge on any atom is -0.311 e. The quantitative estimate of drug-likeness (QED) is 0.903. The number of hydrogen-bond donors (Lipinski definition) is 1. The zero-order chi connectivity index (χ0) is 14.4. The van der Waals surface area contributed by atoms with E-state index in [0.717, 1.165) is 23.4 Å². The van der Waals surface area contributed by atoms with E-state index < -0.39 is 0 Å². The van der Waals surface area contributed by atoms with E-state index in [0.29, 0.717) is 12.2 Å². The molecule has 2 aromatic rings. The number of aryl methyl sites for hydroxylation is 2. The van der Waals surface area contributed by atoms with Crippen molar-refractivity contribution in [3.63, 3.8) is 0 Å². The van der Waals surface area contributed by atoms with Gasteiger partial charge in [0.25, 0.3) is 0 Å². The molecule has 1 aromatic heterocycles. The van der Waals surface area contributed by atoms with Crippen molar-refractivity contribution in [3.05, 3.63) is 58.7 Å². The lowest BCUT2D eigenvalue weighted by Crippen LogP contribution is -2.12. The summed E-state index contributed by atoms with van der Waals surface area (Å²) in [6.07, 6.45) is 3.90. The molecule has 0 aliphatic carbocycles. The average Bonchev–Trinajstić information content (AvgIpc) is 2.44. The van der Waals surface area contributed by atoms with Crippen molar-refractivity contribution >= 4 is 23.3 Å². The van der Waals surface area contributed by atoms with E-state index in [2.05, 4.69) is 10.3 Å². The van der Waals surface area contributed by atoms with Crippen LogP contribution in [0.2, 0.25) is 5.02 Å². The predicted molar refractivity (Wildman–Crippen MR) is 82.0 cm³/mol. The van der Waals surface area contributed by atoms with Gasteiger partial charge >= 0.3 is 0 Å². The molecule has 0 aliphatic rings. The maximum absolute atomic E-state index is 11.8. The van der Waals surface area contributed by atoms with Crippen LogP contribution < -0.4 is 5.32 Å². The number of anilines is 1. The molecule has 0 spiro atoms. The molecule has 4 heteroatoms. The highest BCUT2D eigenvalue weighted by Gasteiger charge is 2.03. The van der Waals surface area contributed by atoms with E-state index in [9.17, 15) is 4.79 Å². The van der Waals surface area contributed by atoms with E-state index in [1.54, 1.807) is 6.20 Å². The largest absolute Gasteiger partial charge is 0.311 e. The third kappa shape index (κ3) is 4.67. The number of carbonyl (C=O) groups excluding carboxylic acids is 1. The first-order valence-electron chi connectivity index (χ1n) is 6.60. The van der Waals surface area contributed by atoms with Gasteiger partial charge in [-0.1, -0.05) is 29.8 Å². The minimum atomic E-state index is -0.00434. The standard InChI is InChI=1S/C16H17ClN2O/c1-12-5-10-15(18-11-12)19-16(20)4-2-3-13-6-8-14(17)9-7-13/h5-11H,2-4H2,1H3,(H,18,19,20). The van der Waals surface area contributed by atoms with Gasteiger partial charge in [0.15, 0.2) is 0 Å². The van der Waals surface area contributed by atoms with Gasteiger partial charge in [-0.15, -0.1) is 0 Å². The number of carbonyl (C=O) groups is 1. The number of hydrogen-bond acceptors (Lipinski definition) is 2. The van der Waals surface area contributed by atoms with Crippen LogP contribution in [-0.4, -0.2) is 10.9 Å². The molecule has 0 radical (unpaired) electrons. The fourth-order valence-electron chi connectivity index (χ4n) is 1.85. The van der Waals surface area contributed by atoms with Gasteiger partial charge in [0, 0.05) is 17.6 Å². The summed E-state index contributed by atoms with van der Waals surface area (Å²) in [5.74, 6) is 0.599. The summed E-state index contributed by atoms with van der Waals surface area (Å²) in [7, 11) is 0. The van der Waals surface area contributed by atoms with E-state index in [-0.39, 0.29) is 5.91 Å². The topological polar surface area (TPSA) is 42.0 Å². The van der Waals surface area contributed by atoms with Gasteiger partial charge in [-0.25, -0.2) is 4.98 Å². The fraction of sp³-hybridized carbons (Fsp3) is 0.250. The van der Waals surface area contributed by atoms with Crippen LogP contribution in [0.5, 0.6) is 0 Å². The molecule has 0 saturated carbocycles. The van der Waals surface area contributed by atoms with Gasteiger partial charge in [-0.05, 0) is 49.1 Å². The monoisotopic (exact) mass is 288 g/mol. The summed E-state index contributed by atoms with van der Waals surface area (Å²) >= 11 is 5.83. The van der Waals surface area contributed by atoms with Crippen molar-refractivity contribution in [1.29, 1.82) is 0 Å². The number of aromatic nitrogens is 1. The molecule has 1 N–H and O–H groups in total. The molecule has 3 nitrogen and oxygen atoms in total. The predicted octanol–water partition coefficient (Wildman–Crippen LogP) is 4.00. The van der Waals surface area contributed by atoms with Crippen LogP contribution in [0, 0.1) is 6.92 Å². The van der Waals surface area contributed by atoms with E-state index in [4.69, 9.17) is 11.6 Å². The van der Waals surface area contributed by atoms with Gasteiger partial charge in [0.1, 0.15) is 5.82 Å². The Labute approximate surface area is 124 Å². The second kappa shape index (κ2) is 7.06.